The zero-order valence-electron chi connectivity index (χ0n) is 24.0. The van der Waals surface area contributed by atoms with Crippen molar-refractivity contribution in [3.8, 4) is 5.75 Å². The summed E-state index contributed by atoms with van der Waals surface area (Å²) in [7, 11) is 0. The largest absolute Gasteiger partial charge is 0.483 e. The van der Waals surface area contributed by atoms with E-state index in [9.17, 15) is 24.0 Å². The van der Waals surface area contributed by atoms with Crippen LogP contribution in [0.5, 0.6) is 5.75 Å². The molecule has 0 aliphatic carbocycles. The van der Waals surface area contributed by atoms with Gasteiger partial charge in [0.1, 0.15) is 11.0 Å². The molecule has 230 valence electrons. The maximum absolute atomic E-state index is 14.2. The van der Waals surface area contributed by atoms with Crippen LogP contribution in [-0.4, -0.2) is 47.1 Å². The summed E-state index contributed by atoms with van der Waals surface area (Å²) in [5, 5.41) is 2.49. The number of rotatable bonds is 8. The van der Waals surface area contributed by atoms with Crippen LogP contribution < -0.4 is 19.8 Å². The molecule has 1 saturated heterocycles. The van der Waals surface area contributed by atoms with Gasteiger partial charge in [-0.3, -0.25) is 19.2 Å². The van der Waals surface area contributed by atoms with Crippen LogP contribution in [0, 0.1) is 12.8 Å². The molecule has 45 heavy (non-hydrogen) atoms. The number of H-pyrrole nitrogens is 1. The number of aromatic amines is 1. The molecule has 1 fully saturated rings. The van der Waals surface area contributed by atoms with Crippen molar-refractivity contribution in [3.63, 3.8) is 0 Å². The van der Waals surface area contributed by atoms with E-state index in [-0.39, 0.29) is 24.0 Å². The first-order valence-electron chi connectivity index (χ1n) is 14.0. The van der Waals surface area contributed by atoms with E-state index in [1.54, 1.807) is 37.3 Å². The highest BCUT2D eigenvalue weighted by Gasteiger charge is 2.56. The Morgan fingerprint density at radius 1 is 1.00 bits per heavy atom. The molecule has 0 saturated carbocycles. The molecule has 2 aliphatic heterocycles. The molecule has 13 heteroatoms. The molecule has 6 rings (SSSR count). The van der Waals surface area contributed by atoms with Gasteiger partial charge >= 0.3 is 10.8 Å². The summed E-state index contributed by atoms with van der Waals surface area (Å²) in [5.41, 5.74) is 2.87. The third-order valence-corrected chi connectivity index (χ3v) is 10.4. The Morgan fingerprint density at radius 2 is 1.73 bits per heavy atom. The highest BCUT2D eigenvalue weighted by molar-refractivity contribution is 9.10. The second-order valence-electron chi connectivity index (χ2n) is 10.4. The van der Waals surface area contributed by atoms with E-state index >= 15 is 0 Å². The first-order chi connectivity index (χ1) is 21.6. The van der Waals surface area contributed by atoms with Gasteiger partial charge in [-0.05, 0) is 68.4 Å². The minimum atomic E-state index is -0.871. The average Bonchev–Trinajstić information content (AvgIpc) is 3.51. The Hall–Kier alpha value is -4.20. The molecule has 2 unspecified atom stereocenters. The number of hydrogen-bond acceptors (Lipinski definition) is 9. The van der Waals surface area contributed by atoms with Crippen LogP contribution in [-0.2, 0) is 19.1 Å². The highest BCUT2D eigenvalue weighted by atomic mass is 79.9. The van der Waals surface area contributed by atoms with Gasteiger partial charge in [0.2, 0.25) is 11.8 Å². The van der Waals surface area contributed by atoms with Crippen molar-refractivity contribution in [1.82, 2.24) is 4.98 Å². The maximum Gasteiger partial charge on any atom is 0.338 e. The van der Waals surface area contributed by atoms with Crippen LogP contribution >= 0.6 is 39.0 Å². The molecular weight excluding hydrogens is 682 g/mol. The molecule has 4 aromatic rings. The first kappa shape index (κ1) is 30.8. The number of carbonyl (C=O) groups excluding carboxylic acids is 4. The standard InChI is InChI=1S/C32H26BrN3O7S2/c1-3-42-31(40)17-6-11-20(12-7-17)36-29(38)25-24(26-28(35-32(41)45-26)44-27(25)30(36)39)21-14-18(33)8-13-22(21)43-15-23(37)34-19-9-4-16(2)5-10-19/h4-14,24-25,27H,3,15H2,1-2H3,(H,34,37)(H,35,41)/t24-,25?,27?/m1/s1. The number of carbonyl (C=O) groups is 4. The molecule has 3 atom stereocenters. The van der Waals surface area contributed by atoms with Crippen molar-refractivity contribution in [2.75, 3.05) is 23.4 Å². The lowest BCUT2D eigenvalue weighted by Crippen LogP contribution is -2.32. The van der Waals surface area contributed by atoms with Crippen molar-refractivity contribution in [2.24, 2.45) is 5.92 Å². The Morgan fingerprint density at radius 3 is 2.44 bits per heavy atom. The van der Waals surface area contributed by atoms with Crippen LogP contribution in [0.2, 0.25) is 0 Å². The van der Waals surface area contributed by atoms with Gasteiger partial charge in [-0.15, -0.1) is 0 Å². The minimum Gasteiger partial charge on any atom is -0.483 e. The van der Waals surface area contributed by atoms with Crippen LogP contribution in [0.15, 0.2) is 81.0 Å². The Balaban J connectivity index is 1.33. The van der Waals surface area contributed by atoms with Crippen molar-refractivity contribution in [2.45, 2.75) is 30.0 Å². The van der Waals surface area contributed by atoms with Crippen LogP contribution in [0.3, 0.4) is 0 Å². The lowest BCUT2D eigenvalue weighted by Gasteiger charge is -2.31. The highest BCUT2D eigenvalue weighted by Crippen LogP contribution is 2.54. The molecule has 10 nitrogen and oxygen atoms in total. The smallest absolute Gasteiger partial charge is 0.338 e. The van der Waals surface area contributed by atoms with E-state index in [0.717, 1.165) is 33.6 Å². The molecular formula is C32H26BrN3O7S2. The van der Waals surface area contributed by atoms with E-state index in [4.69, 9.17) is 9.47 Å². The molecule has 0 bridgehead atoms. The van der Waals surface area contributed by atoms with Gasteiger partial charge < -0.3 is 19.8 Å². The van der Waals surface area contributed by atoms with Gasteiger partial charge in [-0.1, -0.05) is 56.7 Å². The zero-order valence-corrected chi connectivity index (χ0v) is 27.2. The number of fused-ring (bicyclic) bond motifs is 2. The Labute approximate surface area is 274 Å². The molecule has 2 N–H and O–H groups in total. The summed E-state index contributed by atoms with van der Waals surface area (Å²) in [6.45, 7) is 3.57. The van der Waals surface area contributed by atoms with E-state index in [2.05, 4.69) is 26.2 Å². The van der Waals surface area contributed by atoms with Crippen molar-refractivity contribution < 1.29 is 28.7 Å². The predicted octanol–water partition coefficient (Wildman–Crippen LogP) is 5.50. The number of thiazole rings is 1. The van der Waals surface area contributed by atoms with Gasteiger partial charge in [-0.2, -0.15) is 0 Å². The fraction of sp³-hybridized carbons (Fsp3) is 0.219. The summed E-state index contributed by atoms with van der Waals surface area (Å²) in [5.74, 6) is -3.00. The van der Waals surface area contributed by atoms with Crippen LogP contribution in [0.1, 0.15) is 39.2 Å². The SMILES string of the molecule is CCOC(=O)c1ccc(N2C(=O)C3Sc4[nH]c(=O)sc4[C@H](c4cc(Br)ccc4OCC(=O)Nc4ccc(C)cc4)C3C2=O)cc1. The van der Waals surface area contributed by atoms with Gasteiger partial charge in [-0.25, -0.2) is 9.69 Å². The van der Waals surface area contributed by atoms with Gasteiger partial charge in [0.15, 0.2) is 6.61 Å². The number of amides is 3. The number of hydrogen-bond donors (Lipinski definition) is 2. The number of nitrogens with one attached hydrogen (secondary N) is 2. The molecule has 0 radical (unpaired) electrons. The summed E-state index contributed by atoms with van der Waals surface area (Å²) < 4.78 is 11.8. The van der Waals surface area contributed by atoms with E-state index < -0.39 is 34.9 Å². The van der Waals surface area contributed by atoms with Crippen molar-refractivity contribution in [3.05, 3.63) is 102 Å². The molecule has 2 aliphatic rings. The number of aryl methyl sites for hydroxylation is 1. The summed E-state index contributed by atoms with van der Waals surface area (Å²) in [4.78, 5) is 69.7. The van der Waals surface area contributed by atoms with Crippen LogP contribution in [0.25, 0.3) is 0 Å². The van der Waals surface area contributed by atoms with E-state index in [1.165, 1.54) is 24.3 Å². The fourth-order valence-corrected chi connectivity index (χ4v) is 8.32. The number of anilines is 2. The monoisotopic (exact) mass is 707 g/mol. The third kappa shape index (κ3) is 6.07. The van der Waals surface area contributed by atoms with Gasteiger partial charge in [0.25, 0.3) is 5.91 Å². The van der Waals surface area contributed by atoms with Gasteiger partial charge in [0, 0.05) is 26.5 Å². The lowest BCUT2D eigenvalue weighted by atomic mass is 9.82. The third-order valence-electron chi connectivity index (χ3n) is 7.46. The minimum absolute atomic E-state index is 0.219. The average molecular weight is 709 g/mol. The van der Waals surface area contributed by atoms with E-state index in [0.29, 0.717) is 42.6 Å². The molecule has 0 spiro atoms. The lowest BCUT2D eigenvalue weighted by molar-refractivity contribution is -0.122. The molecule has 3 heterocycles. The Kier molecular flexibility index (Phi) is 8.67. The maximum atomic E-state index is 14.2. The van der Waals surface area contributed by atoms with Gasteiger partial charge in [0.05, 0.1) is 28.8 Å². The number of halogens is 1. The number of benzene rings is 3. The number of nitrogens with zero attached hydrogens (tertiary/aromatic N) is 1. The second-order valence-corrected chi connectivity index (χ2v) is 13.5. The van der Waals surface area contributed by atoms with Crippen molar-refractivity contribution >= 4 is 74.1 Å². The second kappa shape index (κ2) is 12.7. The molecule has 3 aromatic carbocycles. The molecule has 1 aromatic heterocycles. The van der Waals surface area contributed by atoms with Crippen molar-refractivity contribution in [1.29, 1.82) is 0 Å². The predicted molar refractivity (Wildman–Crippen MR) is 174 cm³/mol. The molecule has 3 amide bonds. The number of imide groups is 1. The summed E-state index contributed by atoms with van der Waals surface area (Å²) in [6, 6.07) is 18.7. The zero-order chi connectivity index (χ0) is 31.8. The quantitative estimate of drug-likeness (QED) is 0.181. The number of ether oxygens (including phenoxy) is 2. The first-order valence-corrected chi connectivity index (χ1v) is 16.5. The number of aromatic nitrogens is 1. The van der Waals surface area contributed by atoms with E-state index in [1.807, 2.05) is 19.1 Å². The number of esters is 1. The Bertz CT molecular complexity index is 1870. The fourth-order valence-electron chi connectivity index (χ4n) is 5.44. The number of thioether (sulfide) groups is 1. The van der Waals surface area contributed by atoms with Crippen LogP contribution in [0.4, 0.5) is 11.4 Å². The summed E-state index contributed by atoms with van der Waals surface area (Å²) in [6.07, 6.45) is 0. The summed E-state index contributed by atoms with van der Waals surface area (Å²) >= 11 is 5.64. The topological polar surface area (TPSA) is 135 Å². The normalized spacial score (nSPS) is 18.7.